The van der Waals surface area contributed by atoms with Crippen molar-refractivity contribution in [1.29, 1.82) is 0 Å². The van der Waals surface area contributed by atoms with Gasteiger partial charge in [0.05, 0.1) is 13.7 Å². The van der Waals surface area contributed by atoms with Gasteiger partial charge in [0, 0.05) is 29.4 Å². The van der Waals surface area contributed by atoms with Crippen LogP contribution in [0.1, 0.15) is 11.1 Å². The molecule has 3 aromatic carbocycles. The maximum absolute atomic E-state index is 13.6. The Bertz CT molecular complexity index is 1020. The summed E-state index contributed by atoms with van der Waals surface area (Å²) in [5.41, 5.74) is 4.64. The molecule has 0 radical (unpaired) electrons. The van der Waals surface area contributed by atoms with Crippen molar-refractivity contribution in [2.24, 2.45) is 0 Å². The summed E-state index contributed by atoms with van der Waals surface area (Å²) < 4.78 is 24.5. The normalized spacial score (nSPS) is 13.7. The second kappa shape index (κ2) is 8.45. The molecule has 1 aliphatic heterocycles. The highest BCUT2D eigenvalue weighted by molar-refractivity contribution is 5.96. The van der Waals surface area contributed by atoms with Crippen molar-refractivity contribution in [3.8, 4) is 16.9 Å². The summed E-state index contributed by atoms with van der Waals surface area (Å²) >= 11 is 0. The number of hydrogen-bond donors (Lipinski definition) is 0. The Kier molecular flexibility index (Phi) is 5.58. The summed E-state index contributed by atoms with van der Waals surface area (Å²) in [4.78, 5) is 14.4. The summed E-state index contributed by atoms with van der Waals surface area (Å²) in [5, 5.41) is 0. The zero-order valence-electron chi connectivity index (χ0n) is 16.2. The van der Waals surface area contributed by atoms with E-state index in [9.17, 15) is 9.18 Å². The monoisotopic (exact) mass is 391 g/mol. The van der Waals surface area contributed by atoms with Gasteiger partial charge in [-0.25, -0.2) is 4.39 Å². The van der Waals surface area contributed by atoms with Gasteiger partial charge in [-0.15, -0.1) is 0 Å². The fraction of sp³-hybridized carbons (Fsp3) is 0.208. The number of hydrogen-bond acceptors (Lipinski definition) is 3. The maximum Gasteiger partial charge on any atom is 0.253 e. The maximum atomic E-state index is 13.6. The molecule has 1 heterocycles. The fourth-order valence-corrected chi connectivity index (χ4v) is 3.63. The minimum absolute atomic E-state index is 0.0493. The summed E-state index contributed by atoms with van der Waals surface area (Å²) in [5.74, 6) is 0.0738. The van der Waals surface area contributed by atoms with Crippen LogP contribution in [0.4, 0.5) is 10.1 Å². The van der Waals surface area contributed by atoms with Crippen molar-refractivity contribution < 1.29 is 18.7 Å². The van der Waals surface area contributed by atoms with E-state index >= 15 is 0 Å². The highest BCUT2D eigenvalue weighted by atomic mass is 19.1. The Hall–Kier alpha value is -3.18. The Morgan fingerprint density at radius 1 is 1.03 bits per heavy atom. The molecule has 0 aliphatic carbocycles. The van der Waals surface area contributed by atoms with E-state index in [1.807, 2.05) is 36.4 Å². The van der Waals surface area contributed by atoms with Crippen LogP contribution >= 0.6 is 0 Å². The van der Waals surface area contributed by atoms with Crippen molar-refractivity contribution in [2.75, 3.05) is 25.2 Å². The highest BCUT2D eigenvalue weighted by Gasteiger charge is 2.23. The van der Waals surface area contributed by atoms with E-state index in [2.05, 4.69) is 12.1 Å². The van der Waals surface area contributed by atoms with Crippen molar-refractivity contribution in [3.05, 3.63) is 83.7 Å². The van der Waals surface area contributed by atoms with E-state index in [1.54, 1.807) is 11.0 Å². The number of nitrogens with zero attached hydrogens (tertiary/aromatic N) is 1. The first-order valence-electron chi connectivity index (χ1n) is 9.54. The zero-order chi connectivity index (χ0) is 20.2. The average molecular weight is 391 g/mol. The third kappa shape index (κ3) is 4.15. The lowest BCUT2D eigenvalue weighted by Crippen LogP contribution is -2.34. The van der Waals surface area contributed by atoms with Crippen LogP contribution in [0.5, 0.6) is 5.75 Å². The van der Waals surface area contributed by atoms with E-state index in [0.717, 1.165) is 28.8 Å². The quantitative estimate of drug-likeness (QED) is 0.638. The molecule has 0 aromatic heterocycles. The lowest BCUT2D eigenvalue weighted by atomic mass is 10.0. The van der Waals surface area contributed by atoms with E-state index in [1.165, 1.54) is 24.8 Å². The molecule has 0 saturated carbocycles. The fourth-order valence-electron chi connectivity index (χ4n) is 3.63. The van der Waals surface area contributed by atoms with Crippen LogP contribution in [0.2, 0.25) is 0 Å². The topological polar surface area (TPSA) is 38.8 Å². The molecule has 0 atom stereocenters. The lowest BCUT2D eigenvalue weighted by molar-refractivity contribution is -0.123. The van der Waals surface area contributed by atoms with Gasteiger partial charge in [-0.2, -0.15) is 0 Å². The van der Waals surface area contributed by atoms with Crippen molar-refractivity contribution >= 4 is 11.6 Å². The largest absolute Gasteiger partial charge is 0.496 e. The molecular formula is C24H22FNO3. The molecule has 29 heavy (non-hydrogen) atoms. The van der Waals surface area contributed by atoms with Crippen LogP contribution in [-0.2, 0) is 22.6 Å². The molecule has 5 heteroatoms. The molecule has 0 unspecified atom stereocenters. The zero-order valence-corrected chi connectivity index (χ0v) is 16.2. The molecule has 0 fully saturated rings. The van der Waals surface area contributed by atoms with Gasteiger partial charge in [0.15, 0.2) is 0 Å². The Labute approximate surface area is 169 Å². The van der Waals surface area contributed by atoms with Crippen LogP contribution in [0, 0.1) is 5.82 Å². The van der Waals surface area contributed by atoms with Crippen LogP contribution in [-0.4, -0.2) is 26.2 Å². The van der Waals surface area contributed by atoms with Gasteiger partial charge in [-0.1, -0.05) is 36.4 Å². The molecule has 3 aromatic rings. The Morgan fingerprint density at radius 3 is 2.66 bits per heavy atom. The average Bonchev–Trinajstić information content (AvgIpc) is 2.90. The molecular weight excluding hydrogens is 369 g/mol. The number of anilines is 1. The molecule has 4 rings (SSSR count). The van der Waals surface area contributed by atoms with Gasteiger partial charge in [0.2, 0.25) is 0 Å². The number of fused-ring (bicyclic) bond motifs is 1. The first-order valence-corrected chi connectivity index (χ1v) is 9.54. The van der Waals surface area contributed by atoms with Gasteiger partial charge in [0.25, 0.3) is 5.91 Å². The molecule has 4 nitrogen and oxygen atoms in total. The molecule has 1 amide bonds. The summed E-state index contributed by atoms with van der Waals surface area (Å²) in [6, 6.07) is 20.4. The second-order valence-electron chi connectivity index (χ2n) is 6.96. The number of methoxy groups -OCH3 is 1. The van der Waals surface area contributed by atoms with E-state index in [4.69, 9.17) is 9.47 Å². The van der Waals surface area contributed by atoms with Gasteiger partial charge in [-0.05, 0) is 41.8 Å². The molecule has 1 aliphatic rings. The van der Waals surface area contributed by atoms with E-state index in [-0.39, 0.29) is 18.3 Å². The van der Waals surface area contributed by atoms with Crippen LogP contribution in [0.3, 0.4) is 0 Å². The number of amides is 1. The summed E-state index contributed by atoms with van der Waals surface area (Å²) in [6.07, 6.45) is 0.763. The van der Waals surface area contributed by atoms with E-state index in [0.29, 0.717) is 18.9 Å². The number of carbonyl (C=O) groups excluding carboxylic acids is 1. The predicted molar refractivity (Wildman–Crippen MR) is 111 cm³/mol. The summed E-state index contributed by atoms with van der Waals surface area (Å²) in [6.45, 7) is 0.983. The lowest BCUT2D eigenvalue weighted by Gasteiger charge is -2.23. The highest BCUT2D eigenvalue weighted by Crippen LogP contribution is 2.35. The SMILES string of the molecule is COc1cc(F)ccc1-c1ccc2c(c1)COCC(=O)N2CCc1ccccc1. The van der Waals surface area contributed by atoms with Gasteiger partial charge in [0.1, 0.15) is 18.2 Å². The minimum atomic E-state index is -0.346. The van der Waals surface area contributed by atoms with Gasteiger partial charge < -0.3 is 14.4 Å². The van der Waals surface area contributed by atoms with Crippen molar-refractivity contribution in [1.82, 2.24) is 0 Å². The number of benzene rings is 3. The van der Waals surface area contributed by atoms with Gasteiger partial charge in [-0.3, -0.25) is 4.79 Å². The van der Waals surface area contributed by atoms with Crippen molar-refractivity contribution in [2.45, 2.75) is 13.0 Å². The van der Waals surface area contributed by atoms with Crippen LogP contribution in [0.25, 0.3) is 11.1 Å². The van der Waals surface area contributed by atoms with Gasteiger partial charge >= 0.3 is 0 Å². The first kappa shape index (κ1) is 19.2. The number of rotatable bonds is 5. The number of ether oxygens (including phenoxy) is 2. The van der Waals surface area contributed by atoms with Crippen molar-refractivity contribution in [3.63, 3.8) is 0 Å². The number of halogens is 1. The Balaban J connectivity index is 1.66. The van der Waals surface area contributed by atoms with E-state index < -0.39 is 0 Å². The third-order valence-corrected chi connectivity index (χ3v) is 5.10. The second-order valence-corrected chi connectivity index (χ2v) is 6.96. The number of carbonyl (C=O) groups is 1. The smallest absolute Gasteiger partial charge is 0.253 e. The summed E-state index contributed by atoms with van der Waals surface area (Å²) in [7, 11) is 1.52. The molecule has 0 bridgehead atoms. The van der Waals surface area contributed by atoms with Crippen LogP contribution in [0.15, 0.2) is 66.7 Å². The standard InChI is InChI=1S/C24H22FNO3/c1-28-23-14-20(25)8-9-21(23)18-7-10-22-19(13-18)15-29-16-24(27)26(22)12-11-17-5-3-2-4-6-17/h2-10,13-14H,11-12,15-16H2,1H3. The Morgan fingerprint density at radius 2 is 1.86 bits per heavy atom. The molecule has 0 saturated heterocycles. The van der Waals surface area contributed by atoms with Crippen LogP contribution < -0.4 is 9.64 Å². The molecule has 148 valence electrons. The first-order chi connectivity index (χ1) is 14.2. The minimum Gasteiger partial charge on any atom is -0.496 e. The third-order valence-electron chi connectivity index (χ3n) is 5.10. The predicted octanol–water partition coefficient (Wildman–Crippen LogP) is 4.61. The molecule has 0 spiro atoms. The molecule has 0 N–H and O–H groups in total.